The van der Waals surface area contributed by atoms with Gasteiger partial charge in [0.15, 0.2) is 5.60 Å². The Morgan fingerprint density at radius 2 is 1.59 bits per heavy atom. The van der Waals surface area contributed by atoms with Crippen molar-refractivity contribution in [1.82, 2.24) is 0 Å². The third-order valence-electron chi connectivity index (χ3n) is 6.93. The molecule has 1 unspecified atom stereocenters. The van der Waals surface area contributed by atoms with Gasteiger partial charge in [0.2, 0.25) is 0 Å². The van der Waals surface area contributed by atoms with Gasteiger partial charge in [-0.15, -0.1) is 0 Å². The van der Waals surface area contributed by atoms with Crippen molar-refractivity contribution in [2.75, 3.05) is 32.2 Å². The second kappa shape index (κ2) is 11.5. The minimum Gasteiger partial charge on any atom is -0.458 e. The van der Waals surface area contributed by atoms with Crippen LogP contribution in [0.25, 0.3) is 6.08 Å². The molecule has 0 saturated carbocycles. The molecule has 200 valence electrons. The summed E-state index contributed by atoms with van der Waals surface area (Å²) in [5.74, 6) is -0.372. The predicted octanol–water partition coefficient (Wildman–Crippen LogP) is 6.04. The third kappa shape index (κ3) is 6.42. The number of benzene rings is 2. The summed E-state index contributed by atoms with van der Waals surface area (Å²) in [6.07, 6.45) is 1.92. The lowest BCUT2D eigenvalue weighted by atomic mass is 9.84. The number of aliphatic hydroxyl groups excluding tert-OH is 1. The number of ether oxygens (including phenoxy) is 2. The molecule has 0 amide bonds. The van der Waals surface area contributed by atoms with Crippen molar-refractivity contribution in [1.29, 1.82) is 0 Å². The highest BCUT2D eigenvalue weighted by Crippen LogP contribution is 2.35. The highest BCUT2D eigenvalue weighted by Gasteiger charge is 2.45. The molecule has 1 aliphatic heterocycles. The van der Waals surface area contributed by atoms with Crippen LogP contribution in [-0.4, -0.2) is 50.0 Å². The van der Waals surface area contributed by atoms with Gasteiger partial charge in [0.1, 0.15) is 6.61 Å². The van der Waals surface area contributed by atoms with Crippen molar-refractivity contribution in [3.63, 3.8) is 0 Å². The zero-order chi connectivity index (χ0) is 27.5. The second-order valence-electron chi connectivity index (χ2n) is 11.2. The number of hydrogen-bond acceptors (Lipinski definition) is 6. The molecule has 1 fully saturated rings. The fourth-order valence-electron chi connectivity index (χ4n) is 4.57. The zero-order valence-electron chi connectivity index (χ0n) is 23.4. The normalized spacial score (nSPS) is 18.7. The first-order valence-corrected chi connectivity index (χ1v) is 13.0. The summed E-state index contributed by atoms with van der Waals surface area (Å²) in [4.78, 5) is 28.1. The molecule has 3 rings (SSSR count). The molecule has 1 N–H and O–H groups in total. The SMILES string of the molecule is CC(C)c1cc(C(C)C)c(C(=O)OCC2(CO)C/C(=C\c3ccc(N(C)C)cc3)C(=O)O2)c(C(C)C)c1. The number of hydrogen-bond donors (Lipinski definition) is 1. The summed E-state index contributed by atoms with van der Waals surface area (Å²) >= 11 is 0. The van der Waals surface area contributed by atoms with Crippen LogP contribution in [0.3, 0.4) is 0 Å². The summed E-state index contributed by atoms with van der Waals surface area (Å²) in [5, 5.41) is 10.2. The van der Waals surface area contributed by atoms with Gasteiger partial charge in [-0.2, -0.15) is 0 Å². The number of rotatable bonds is 9. The van der Waals surface area contributed by atoms with Crippen LogP contribution in [0.1, 0.15) is 98.3 Å². The van der Waals surface area contributed by atoms with Gasteiger partial charge in [0.05, 0.1) is 12.2 Å². The van der Waals surface area contributed by atoms with Crippen molar-refractivity contribution < 1.29 is 24.2 Å². The average molecular weight is 508 g/mol. The van der Waals surface area contributed by atoms with Gasteiger partial charge in [0, 0.05) is 31.8 Å². The summed E-state index contributed by atoms with van der Waals surface area (Å²) < 4.78 is 11.4. The minimum atomic E-state index is -1.30. The zero-order valence-corrected chi connectivity index (χ0v) is 23.4. The van der Waals surface area contributed by atoms with E-state index in [2.05, 4.69) is 53.7 Å². The number of cyclic esters (lactones) is 1. The molecule has 1 saturated heterocycles. The molecule has 1 atom stereocenters. The second-order valence-corrected chi connectivity index (χ2v) is 11.2. The molecular formula is C31H41NO5. The van der Waals surface area contributed by atoms with E-state index in [4.69, 9.17) is 9.47 Å². The van der Waals surface area contributed by atoms with Crippen LogP contribution in [0.5, 0.6) is 0 Å². The minimum absolute atomic E-state index is 0.128. The number of nitrogens with zero attached hydrogens (tertiary/aromatic N) is 1. The first-order valence-electron chi connectivity index (χ1n) is 13.0. The number of anilines is 1. The molecular weight excluding hydrogens is 466 g/mol. The van der Waals surface area contributed by atoms with Crippen LogP contribution >= 0.6 is 0 Å². The van der Waals surface area contributed by atoms with E-state index in [0.29, 0.717) is 17.1 Å². The molecule has 0 spiro atoms. The van der Waals surface area contributed by atoms with Crippen molar-refractivity contribution in [3.05, 3.63) is 69.8 Å². The van der Waals surface area contributed by atoms with Gasteiger partial charge >= 0.3 is 11.9 Å². The van der Waals surface area contributed by atoms with E-state index in [9.17, 15) is 14.7 Å². The number of carbonyl (C=O) groups is 2. The maximum absolute atomic E-state index is 13.5. The number of esters is 2. The van der Waals surface area contributed by atoms with E-state index in [-0.39, 0.29) is 24.9 Å². The van der Waals surface area contributed by atoms with Crippen LogP contribution in [0.2, 0.25) is 0 Å². The Labute approximate surface area is 221 Å². The van der Waals surface area contributed by atoms with Crippen LogP contribution < -0.4 is 4.90 Å². The molecule has 0 aromatic heterocycles. The third-order valence-corrected chi connectivity index (χ3v) is 6.93. The molecule has 2 aromatic carbocycles. The highest BCUT2D eigenvalue weighted by atomic mass is 16.6. The van der Waals surface area contributed by atoms with Crippen LogP contribution in [0.15, 0.2) is 42.0 Å². The van der Waals surface area contributed by atoms with E-state index in [0.717, 1.165) is 22.4 Å². The Balaban J connectivity index is 1.84. The molecule has 2 aromatic rings. The Morgan fingerprint density at radius 1 is 1.03 bits per heavy atom. The van der Waals surface area contributed by atoms with Crippen molar-refractivity contribution in [2.24, 2.45) is 0 Å². The first kappa shape index (κ1) is 28.5. The lowest BCUT2D eigenvalue weighted by Crippen LogP contribution is -2.39. The van der Waals surface area contributed by atoms with E-state index in [1.165, 1.54) is 5.56 Å². The first-order chi connectivity index (χ1) is 17.4. The maximum atomic E-state index is 13.5. The van der Waals surface area contributed by atoms with E-state index >= 15 is 0 Å². The Bertz CT molecular complexity index is 1130. The van der Waals surface area contributed by atoms with E-state index in [1.54, 1.807) is 6.08 Å². The fraction of sp³-hybridized carbons (Fsp3) is 0.484. The monoisotopic (exact) mass is 507 g/mol. The Morgan fingerprint density at radius 3 is 2.05 bits per heavy atom. The molecule has 6 heteroatoms. The van der Waals surface area contributed by atoms with Crippen LogP contribution in [-0.2, 0) is 14.3 Å². The smallest absolute Gasteiger partial charge is 0.338 e. The summed E-state index contributed by atoms with van der Waals surface area (Å²) in [5.41, 5.74) is 4.71. The van der Waals surface area contributed by atoms with E-state index < -0.39 is 24.1 Å². The molecule has 6 nitrogen and oxygen atoms in total. The fourth-order valence-corrected chi connectivity index (χ4v) is 4.57. The standard InChI is InChI=1S/C31H41NO5/c1-19(2)23-14-26(20(3)4)28(27(15-23)21(5)6)30(35)36-18-31(17-33)16-24(29(34)37-31)13-22-9-11-25(12-10-22)32(7)8/h9-15,19-21,33H,16-18H2,1-8H3/b24-13+. The van der Waals surface area contributed by atoms with Gasteiger partial charge in [-0.3, -0.25) is 0 Å². The van der Waals surface area contributed by atoms with Gasteiger partial charge in [-0.05, 0) is 58.2 Å². The molecule has 0 aliphatic carbocycles. The predicted molar refractivity (Wildman–Crippen MR) is 148 cm³/mol. The topological polar surface area (TPSA) is 76.1 Å². The lowest BCUT2D eigenvalue weighted by molar-refractivity contribution is -0.154. The van der Waals surface area contributed by atoms with Crippen molar-refractivity contribution in [3.8, 4) is 0 Å². The van der Waals surface area contributed by atoms with E-state index in [1.807, 2.05) is 43.3 Å². The molecule has 1 heterocycles. The Hall–Kier alpha value is -3.12. The van der Waals surface area contributed by atoms with Crippen LogP contribution in [0, 0.1) is 0 Å². The number of carbonyl (C=O) groups excluding carboxylic acids is 2. The average Bonchev–Trinajstić information content (AvgIpc) is 3.17. The lowest BCUT2D eigenvalue weighted by Gasteiger charge is -2.26. The van der Waals surface area contributed by atoms with Gasteiger partial charge < -0.3 is 19.5 Å². The van der Waals surface area contributed by atoms with Crippen molar-refractivity contribution in [2.45, 2.75) is 71.3 Å². The highest BCUT2D eigenvalue weighted by molar-refractivity contribution is 5.96. The summed E-state index contributed by atoms with van der Waals surface area (Å²) in [6, 6.07) is 12.0. The quantitative estimate of drug-likeness (QED) is 0.329. The largest absolute Gasteiger partial charge is 0.458 e. The van der Waals surface area contributed by atoms with Crippen LogP contribution in [0.4, 0.5) is 5.69 Å². The Kier molecular flexibility index (Phi) is 8.85. The molecule has 1 aliphatic rings. The van der Waals surface area contributed by atoms with Gasteiger partial charge in [-0.25, -0.2) is 9.59 Å². The summed E-state index contributed by atoms with van der Waals surface area (Å²) in [6.45, 7) is 11.9. The van der Waals surface area contributed by atoms with Crippen molar-refractivity contribution >= 4 is 23.7 Å². The maximum Gasteiger partial charge on any atom is 0.338 e. The van der Waals surface area contributed by atoms with Gasteiger partial charge in [0.25, 0.3) is 0 Å². The summed E-state index contributed by atoms with van der Waals surface area (Å²) in [7, 11) is 3.93. The molecule has 0 radical (unpaired) electrons. The van der Waals surface area contributed by atoms with Gasteiger partial charge in [-0.1, -0.05) is 65.8 Å². The number of aliphatic hydroxyl groups is 1. The molecule has 0 bridgehead atoms. The molecule has 37 heavy (non-hydrogen) atoms.